The minimum Gasteiger partial charge on any atom is -0.467 e. The predicted octanol–water partition coefficient (Wildman–Crippen LogP) is 1.99. The zero-order chi connectivity index (χ0) is 18.4. The van der Waals surface area contributed by atoms with E-state index in [4.69, 9.17) is 0 Å². The van der Waals surface area contributed by atoms with Crippen molar-refractivity contribution in [3.63, 3.8) is 0 Å². The largest absolute Gasteiger partial charge is 0.467 e. The first-order chi connectivity index (χ1) is 11.9. The number of esters is 1. The molecule has 0 radical (unpaired) electrons. The van der Waals surface area contributed by atoms with Crippen LogP contribution in [0, 0.1) is 0 Å². The maximum absolute atomic E-state index is 12.4. The zero-order valence-corrected chi connectivity index (χ0v) is 14.3. The highest BCUT2D eigenvalue weighted by molar-refractivity contribution is 6.04. The van der Waals surface area contributed by atoms with Gasteiger partial charge in [0.05, 0.1) is 7.11 Å². The fourth-order valence-corrected chi connectivity index (χ4v) is 2.39. The Bertz CT molecular complexity index is 837. The van der Waals surface area contributed by atoms with E-state index < -0.39 is 17.9 Å². The number of hydrogen-bond acceptors (Lipinski definition) is 4. The smallest absolute Gasteiger partial charge is 0.328 e. The molecule has 0 heterocycles. The lowest BCUT2D eigenvalue weighted by atomic mass is 10.0. The highest BCUT2D eigenvalue weighted by Gasteiger charge is 2.19. The minimum atomic E-state index is -0.831. The fourth-order valence-electron chi connectivity index (χ4n) is 2.39. The van der Waals surface area contributed by atoms with Gasteiger partial charge in [-0.1, -0.05) is 42.5 Å². The third-order valence-corrected chi connectivity index (χ3v) is 3.58. The molecule has 0 aromatic heterocycles. The molecule has 2 rings (SSSR count). The molecule has 2 aromatic carbocycles. The monoisotopic (exact) mass is 340 g/mol. The Balaban J connectivity index is 2.39. The van der Waals surface area contributed by atoms with Gasteiger partial charge in [0, 0.05) is 6.92 Å². The summed E-state index contributed by atoms with van der Waals surface area (Å²) in [6.45, 7) is 2.82. The zero-order valence-electron chi connectivity index (χ0n) is 14.3. The Labute approximate surface area is 145 Å². The molecule has 0 aliphatic heterocycles. The molecule has 6 nitrogen and oxygen atoms in total. The average Bonchev–Trinajstić information content (AvgIpc) is 2.60. The molecule has 0 saturated carbocycles. The van der Waals surface area contributed by atoms with Gasteiger partial charge >= 0.3 is 5.97 Å². The minimum absolute atomic E-state index is 0.0552. The Hall–Kier alpha value is -3.15. The van der Waals surface area contributed by atoms with Gasteiger partial charge in [-0.25, -0.2) is 4.79 Å². The first kappa shape index (κ1) is 18.2. The summed E-state index contributed by atoms with van der Waals surface area (Å²) in [5.41, 5.74) is 0.835. The number of amides is 2. The van der Waals surface area contributed by atoms with E-state index in [-0.39, 0.29) is 11.6 Å². The molecule has 6 heteroatoms. The maximum atomic E-state index is 12.4. The molecule has 2 amide bonds. The standard InChI is InChI=1S/C19H20N2O4/c1-12(19(24)25-3)20-18(23)17(21-13(2)22)11-15-9-6-8-14-7-4-5-10-16(14)15/h4-12H,1-3H3,(H,20,23)(H,21,22)/b17-11-/t12-/m0/s1. The molecule has 1 atom stereocenters. The molecule has 0 spiro atoms. The van der Waals surface area contributed by atoms with E-state index in [2.05, 4.69) is 15.4 Å². The number of nitrogens with one attached hydrogen (secondary N) is 2. The number of ether oxygens (including phenoxy) is 1. The lowest BCUT2D eigenvalue weighted by Gasteiger charge is -2.14. The molecular formula is C19H20N2O4. The summed E-state index contributed by atoms with van der Waals surface area (Å²) in [6.07, 6.45) is 1.59. The van der Waals surface area contributed by atoms with Gasteiger partial charge in [0.1, 0.15) is 11.7 Å². The summed E-state index contributed by atoms with van der Waals surface area (Å²) >= 11 is 0. The van der Waals surface area contributed by atoms with Crippen molar-refractivity contribution in [3.8, 4) is 0 Å². The van der Waals surface area contributed by atoms with Crippen molar-refractivity contribution in [1.82, 2.24) is 10.6 Å². The molecule has 0 fully saturated rings. The van der Waals surface area contributed by atoms with Crippen molar-refractivity contribution in [2.45, 2.75) is 19.9 Å². The molecule has 2 N–H and O–H groups in total. The fraction of sp³-hybridized carbons (Fsp3) is 0.211. The van der Waals surface area contributed by atoms with Crippen LogP contribution in [0.3, 0.4) is 0 Å². The van der Waals surface area contributed by atoms with E-state index in [0.29, 0.717) is 0 Å². The maximum Gasteiger partial charge on any atom is 0.328 e. The van der Waals surface area contributed by atoms with Gasteiger partial charge in [0.15, 0.2) is 0 Å². The van der Waals surface area contributed by atoms with E-state index in [1.165, 1.54) is 21.0 Å². The number of rotatable bonds is 5. The lowest BCUT2D eigenvalue weighted by molar-refractivity contribution is -0.144. The van der Waals surface area contributed by atoms with Crippen LogP contribution >= 0.6 is 0 Å². The SMILES string of the molecule is COC(=O)[C@H](C)NC(=O)/C(=C/c1cccc2ccccc12)NC(C)=O. The van der Waals surface area contributed by atoms with Crippen molar-refractivity contribution in [2.75, 3.05) is 7.11 Å². The number of hydrogen-bond donors (Lipinski definition) is 2. The summed E-state index contributed by atoms with van der Waals surface area (Å²) in [5, 5.41) is 6.98. The normalized spacial score (nSPS) is 12.4. The Morgan fingerprint density at radius 3 is 2.44 bits per heavy atom. The van der Waals surface area contributed by atoms with Crippen LogP contribution in [0.5, 0.6) is 0 Å². The molecule has 130 valence electrons. The topological polar surface area (TPSA) is 84.5 Å². The number of carbonyl (C=O) groups is 3. The van der Waals surface area contributed by atoms with Gasteiger partial charge in [-0.05, 0) is 29.3 Å². The van der Waals surface area contributed by atoms with E-state index in [1.807, 2.05) is 42.5 Å². The Morgan fingerprint density at radius 2 is 1.76 bits per heavy atom. The number of fused-ring (bicyclic) bond motifs is 1. The third-order valence-electron chi connectivity index (χ3n) is 3.58. The molecule has 0 aliphatic rings. The summed E-state index contributed by atoms with van der Waals surface area (Å²) in [7, 11) is 1.24. The first-order valence-electron chi connectivity index (χ1n) is 7.78. The summed E-state index contributed by atoms with van der Waals surface area (Å²) in [4.78, 5) is 35.4. The van der Waals surface area contributed by atoms with Crippen LogP contribution < -0.4 is 10.6 Å². The van der Waals surface area contributed by atoms with Gasteiger partial charge < -0.3 is 15.4 Å². The summed E-state index contributed by atoms with van der Waals surface area (Å²) < 4.78 is 4.59. The second-order valence-corrected chi connectivity index (χ2v) is 5.53. The third kappa shape index (κ3) is 4.67. The highest BCUT2D eigenvalue weighted by atomic mass is 16.5. The van der Waals surface area contributed by atoms with Crippen molar-refractivity contribution in [1.29, 1.82) is 0 Å². The molecule has 25 heavy (non-hydrogen) atoms. The van der Waals surface area contributed by atoms with E-state index in [1.54, 1.807) is 6.08 Å². The molecule has 0 saturated heterocycles. The molecule has 0 aliphatic carbocycles. The van der Waals surface area contributed by atoms with Crippen LogP contribution in [0.1, 0.15) is 19.4 Å². The van der Waals surface area contributed by atoms with Gasteiger partial charge in [-0.15, -0.1) is 0 Å². The second kappa shape index (κ2) is 8.10. The first-order valence-corrected chi connectivity index (χ1v) is 7.78. The quantitative estimate of drug-likeness (QED) is 0.644. The van der Waals surface area contributed by atoms with E-state index in [0.717, 1.165) is 16.3 Å². The molecule has 2 aromatic rings. The average molecular weight is 340 g/mol. The van der Waals surface area contributed by atoms with Crippen LogP contribution in [0.15, 0.2) is 48.2 Å². The predicted molar refractivity (Wildman–Crippen MR) is 95.4 cm³/mol. The molecule has 0 bridgehead atoms. The van der Waals surface area contributed by atoms with Gasteiger partial charge in [-0.2, -0.15) is 0 Å². The van der Waals surface area contributed by atoms with Crippen LogP contribution in [0.25, 0.3) is 16.8 Å². The van der Waals surface area contributed by atoms with Crippen LogP contribution in [0.4, 0.5) is 0 Å². The van der Waals surface area contributed by atoms with Crippen molar-refractivity contribution in [3.05, 3.63) is 53.7 Å². The summed E-state index contributed by atoms with van der Waals surface area (Å²) in [5.74, 6) is -1.52. The van der Waals surface area contributed by atoms with E-state index in [9.17, 15) is 14.4 Å². The number of benzene rings is 2. The number of carbonyl (C=O) groups excluding carboxylic acids is 3. The van der Waals surface area contributed by atoms with E-state index >= 15 is 0 Å². The van der Waals surface area contributed by atoms with Gasteiger partial charge in [-0.3, -0.25) is 9.59 Å². The lowest BCUT2D eigenvalue weighted by Crippen LogP contribution is -2.42. The van der Waals surface area contributed by atoms with Crippen LogP contribution in [-0.4, -0.2) is 30.9 Å². The van der Waals surface area contributed by atoms with Crippen molar-refractivity contribution in [2.24, 2.45) is 0 Å². The van der Waals surface area contributed by atoms with Gasteiger partial charge in [0.2, 0.25) is 5.91 Å². The van der Waals surface area contributed by atoms with Crippen LogP contribution in [0.2, 0.25) is 0 Å². The molecular weight excluding hydrogens is 320 g/mol. The highest BCUT2D eigenvalue weighted by Crippen LogP contribution is 2.20. The molecule has 0 unspecified atom stereocenters. The van der Waals surface area contributed by atoms with Crippen molar-refractivity contribution < 1.29 is 19.1 Å². The van der Waals surface area contributed by atoms with Gasteiger partial charge in [0.25, 0.3) is 5.91 Å². The summed E-state index contributed by atoms with van der Waals surface area (Å²) in [6, 6.07) is 12.6. The Morgan fingerprint density at radius 1 is 1.08 bits per heavy atom. The number of methoxy groups -OCH3 is 1. The van der Waals surface area contributed by atoms with Crippen LogP contribution in [-0.2, 0) is 19.1 Å². The second-order valence-electron chi connectivity index (χ2n) is 5.53. The van der Waals surface area contributed by atoms with Crippen molar-refractivity contribution >= 4 is 34.6 Å². The Kier molecular flexibility index (Phi) is 5.89.